The molecule has 2 nitrogen and oxygen atoms in total. The standard InChI is InChI=1S/C33H25BN2SSi/c1-20-18-22-21-10-8-15-28-32(21)36(24-12-4-6-14-27(24)37-28)34-23-11-9-17-30-33(23)35(26(19-20)31(22)34)25-13-5-7-16-29(25)38(30,2)3/h4-19H,1-3H3. The minimum Gasteiger partial charge on any atom is -0.374 e. The van der Waals surface area contributed by atoms with E-state index in [1.54, 1.807) is 5.19 Å². The van der Waals surface area contributed by atoms with Crippen LogP contribution in [-0.2, 0) is 0 Å². The van der Waals surface area contributed by atoms with Crippen molar-refractivity contribution in [3.8, 4) is 11.1 Å². The topological polar surface area (TPSA) is 6.48 Å². The molecular formula is C33H25BN2SSi. The molecule has 0 amide bonds. The Hall–Kier alpha value is -3.67. The first-order chi connectivity index (χ1) is 18.5. The number of benzene rings is 5. The van der Waals surface area contributed by atoms with Gasteiger partial charge in [-0.15, -0.1) is 0 Å². The van der Waals surface area contributed by atoms with Crippen molar-refractivity contribution in [1.29, 1.82) is 0 Å². The van der Waals surface area contributed by atoms with Crippen molar-refractivity contribution in [3.05, 3.63) is 103 Å². The second-order valence-electron chi connectivity index (χ2n) is 11.5. The van der Waals surface area contributed by atoms with Crippen molar-refractivity contribution in [1.82, 2.24) is 0 Å². The van der Waals surface area contributed by atoms with E-state index in [0.717, 1.165) is 0 Å². The van der Waals surface area contributed by atoms with Crippen LogP contribution in [0.4, 0.5) is 28.4 Å². The number of anilines is 5. The maximum absolute atomic E-state index is 2.67. The third-order valence-corrected chi connectivity index (χ3v) is 13.7. The van der Waals surface area contributed by atoms with Crippen LogP contribution in [0.5, 0.6) is 0 Å². The summed E-state index contributed by atoms with van der Waals surface area (Å²) in [6, 6.07) is 37.0. The number of fused-ring (bicyclic) bond motifs is 8. The van der Waals surface area contributed by atoms with Gasteiger partial charge in [0, 0.05) is 38.1 Å². The molecule has 0 aromatic heterocycles. The SMILES string of the molecule is Cc1cc2c3c(c1)N1c4ccccc4[Si](C)(C)c4cccc(c41)B3N1c3ccccc3Sc3cccc-2c31. The minimum atomic E-state index is -1.90. The average Bonchev–Trinajstić information content (AvgIpc) is 2.93. The van der Waals surface area contributed by atoms with E-state index in [1.807, 2.05) is 11.8 Å². The summed E-state index contributed by atoms with van der Waals surface area (Å²) in [6.45, 7) is 7.44. The van der Waals surface area contributed by atoms with E-state index in [1.165, 1.54) is 71.0 Å². The van der Waals surface area contributed by atoms with Crippen LogP contribution in [0.2, 0.25) is 13.1 Å². The lowest BCUT2D eigenvalue weighted by Gasteiger charge is -2.51. The highest BCUT2D eigenvalue weighted by Crippen LogP contribution is 2.55. The van der Waals surface area contributed by atoms with Crippen molar-refractivity contribution in [2.45, 2.75) is 29.8 Å². The Balaban J connectivity index is 1.47. The highest BCUT2D eigenvalue weighted by Gasteiger charge is 2.50. The molecule has 180 valence electrons. The lowest BCUT2D eigenvalue weighted by molar-refractivity contribution is 1.20. The van der Waals surface area contributed by atoms with Crippen LogP contribution < -0.4 is 31.0 Å². The Labute approximate surface area is 229 Å². The lowest BCUT2D eigenvalue weighted by Crippen LogP contribution is -2.67. The van der Waals surface area contributed by atoms with Gasteiger partial charge in [0.1, 0.15) is 8.07 Å². The van der Waals surface area contributed by atoms with Gasteiger partial charge < -0.3 is 9.71 Å². The molecule has 5 aromatic rings. The van der Waals surface area contributed by atoms with Crippen molar-refractivity contribution in [2.24, 2.45) is 0 Å². The predicted molar refractivity (Wildman–Crippen MR) is 166 cm³/mol. The molecule has 5 heteroatoms. The number of hydrogen-bond donors (Lipinski definition) is 0. The smallest absolute Gasteiger partial charge is 0.333 e. The maximum Gasteiger partial charge on any atom is 0.333 e. The molecule has 38 heavy (non-hydrogen) atoms. The molecule has 0 aliphatic carbocycles. The normalized spacial score (nSPS) is 16.2. The maximum atomic E-state index is 2.67. The number of aryl methyl sites for hydroxylation is 1. The van der Waals surface area contributed by atoms with Crippen molar-refractivity contribution >= 4 is 76.4 Å². The molecule has 0 spiro atoms. The molecule has 0 unspecified atom stereocenters. The number of para-hydroxylation sites is 4. The Kier molecular flexibility index (Phi) is 3.95. The molecule has 0 radical (unpaired) electrons. The van der Waals surface area contributed by atoms with Gasteiger partial charge >= 0.3 is 6.85 Å². The summed E-state index contributed by atoms with van der Waals surface area (Å²) in [4.78, 5) is 7.96. The van der Waals surface area contributed by atoms with E-state index < -0.39 is 8.07 Å². The van der Waals surface area contributed by atoms with Crippen molar-refractivity contribution in [2.75, 3.05) is 9.71 Å². The molecule has 0 N–H and O–H groups in total. The quantitative estimate of drug-likeness (QED) is 0.221. The fourth-order valence-electron chi connectivity index (χ4n) is 7.47. The van der Waals surface area contributed by atoms with Gasteiger partial charge in [0.2, 0.25) is 0 Å². The molecule has 0 fully saturated rings. The molecule has 5 aromatic carbocycles. The zero-order valence-electron chi connectivity index (χ0n) is 21.6. The molecule has 0 saturated heterocycles. The van der Waals surface area contributed by atoms with Gasteiger partial charge in [-0.25, -0.2) is 0 Å². The van der Waals surface area contributed by atoms with Crippen LogP contribution in [0.3, 0.4) is 0 Å². The van der Waals surface area contributed by atoms with Gasteiger partial charge in [-0.2, -0.15) is 0 Å². The predicted octanol–water partition coefficient (Wildman–Crippen LogP) is 6.30. The second-order valence-corrected chi connectivity index (χ2v) is 16.9. The van der Waals surface area contributed by atoms with Crippen molar-refractivity contribution < 1.29 is 0 Å². The van der Waals surface area contributed by atoms with Gasteiger partial charge in [-0.3, -0.25) is 0 Å². The molecule has 0 bridgehead atoms. The summed E-state index contributed by atoms with van der Waals surface area (Å²) < 4.78 is 0. The van der Waals surface area contributed by atoms with Crippen LogP contribution in [0.1, 0.15) is 5.56 Å². The Morgan fingerprint density at radius 3 is 2.29 bits per heavy atom. The van der Waals surface area contributed by atoms with Crippen LogP contribution in [0, 0.1) is 6.92 Å². The number of nitrogens with zero attached hydrogens (tertiary/aromatic N) is 2. The molecule has 4 aliphatic rings. The van der Waals surface area contributed by atoms with E-state index in [4.69, 9.17) is 0 Å². The van der Waals surface area contributed by atoms with E-state index in [9.17, 15) is 0 Å². The van der Waals surface area contributed by atoms with Gasteiger partial charge in [0.05, 0.1) is 5.69 Å². The largest absolute Gasteiger partial charge is 0.374 e. The Bertz CT molecular complexity index is 1880. The Morgan fingerprint density at radius 1 is 0.658 bits per heavy atom. The van der Waals surface area contributed by atoms with Crippen LogP contribution >= 0.6 is 11.8 Å². The van der Waals surface area contributed by atoms with Gasteiger partial charge in [-0.05, 0) is 69.7 Å². The summed E-state index contributed by atoms with van der Waals surface area (Å²) in [5.41, 5.74) is 13.7. The zero-order chi connectivity index (χ0) is 25.3. The van der Waals surface area contributed by atoms with E-state index in [0.29, 0.717) is 0 Å². The van der Waals surface area contributed by atoms with Gasteiger partial charge in [-0.1, -0.05) is 91.6 Å². The zero-order valence-corrected chi connectivity index (χ0v) is 23.4. The van der Waals surface area contributed by atoms with Crippen LogP contribution in [0.25, 0.3) is 11.1 Å². The molecule has 0 atom stereocenters. The van der Waals surface area contributed by atoms with Gasteiger partial charge in [0.15, 0.2) is 0 Å². The van der Waals surface area contributed by atoms with E-state index in [2.05, 4.69) is 127 Å². The first-order valence-electron chi connectivity index (χ1n) is 13.4. The third-order valence-electron chi connectivity index (χ3n) is 9.03. The molecule has 9 rings (SSSR count). The summed E-state index contributed by atoms with van der Waals surface area (Å²) in [7, 11) is -1.90. The molecule has 0 saturated carbocycles. The summed E-state index contributed by atoms with van der Waals surface area (Å²) in [6.07, 6.45) is 0. The summed E-state index contributed by atoms with van der Waals surface area (Å²) in [5.74, 6) is 0. The van der Waals surface area contributed by atoms with Crippen molar-refractivity contribution in [3.63, 3.8) is 0 Å². The molecular weight excluding hydrogens is 495 g/mol. The third kappa shape index (κ3) is 2.43. The van der Waals surface area contributed by atoms with Gasteiger partial charge in [0.25, 0.3) is 0 Å². The number of rotatable bonds is 0. The Morgan fingerprint density at radius 2 is 1.39 bits per heavy atom. The monoisotopic (exact) mass is 520 g/mol. The summed E-state index contributed by atoms with van der Waals surface area (Å²) in [5, 5.41) is 3.07. The van der Waals surface area contributed by atoms with E-state index in [-0.39, 0.29) is 6.85 Å². The first-order valence-corrected chi connectivity index (χ1v) is 17.2. The fraction of sp³-hybridized carbons (Fsp3) is 0.0909. The highest BCUT2D eigenvalue weighted by molar-refractivity contribution is 7.99. The van der Waals surface area contributed by atoms with E-state index >= 15 is 0 Å². The number of hydrogen-bond acceptors (Lipinski definition) is 3. The second kappa shape index (κ2) is 7.04. The first kappa shape index (κ1) is 21.3. The van der Waals surface area contributed by atoms with Crippen LogP contribution in [0.15, 0.2) is 107 Å². The highest BCUT2D eigenvalue weighted by atomic mass is 32.2. The average molecular weight is 521 g/mol. The lowest BCUT2D eigenvalue weighted by atomic mass is 9.43. The summed E-state index contributed by atoms with van der Waals surface area (Å²) >= 11 is 1.91. The molecule has 4 heterocycles. The molecule has 4 aliphatic heterocycles. The fourth-order valence-corrected chi connectivity index (χ4v) is 11.6. The minimum absolute atomic E-state index is 0.137. The van der Waals surface area contributed by atoms with Crippen LogP contribution in [-0.4, -0.2) is 14.9 Å².